The summed E-state index contributed by atoms with van der Waals surface area (Å²) in [5.41, 5.74) is 3.72. The summed E-state index contributed by atoms with van der Waals surface area (Å²) in [6.45, 7) is 7.00. The van der Waals surface area contributed by atoms with Crippen LogP contribution < -0.4 is 15.4 Å². The molecule has 0 fully saturated rings. The van der Waals surface area contributed by atoms with Crippen LogP contribution in [0.25, 0.3) is 0 Å². The molecule has 1 rings (SSSR count). The number of benzene rings is 1. The molecule has 0 unspecified atom stereocenters. The lowest BCUT2D eigenvalue weighted by Gasteiger charge is -2.13. The fraction of sp³-hybridized carbons (Fsp3) is 0.538. The average Bonchev–Trinajstić information content (AvgIpc) is 2.24. The summed E-state index contributed by atoms with van der Waals surface area (Å²) in [6, 6.07) is 4.33. The van der Waals surface area contributed by atoms with Gasteiger partial charge in [0.05, 0.1) is 7.11 Å². The van der Waals surface area contributed by atoms with E-state index in [0.717, 1.165) is 25.4 Å². The van der Waals surface area contributed by atoms with Crippen LogP contribution in [0, 0.1) is 13.8 Å². The van der Waals surface area contributed by atoms with Gasteiger partial charge >= 0.3 is 0 Å². The van der Waals surface area contributed by atoms with Crippen molar-refractivity contribution in [1.82, 2.24) is 10.6 Å². The molecule has 0 aromatic heterocycles. The van der Waals surface area contributed by atoms with E-state index in [2.05, 4.69) is 36.6 Å². The lowest BCUT2D eigenvalue weighted by atomic mass is 10.1. The molecule has 0 aliphatic rings. The van der Waals surface area contributed by atoms with Crippen LogP contribution in [-0.4, -0.2) is 27.2 Å². The maximum absolute atomic E-state index is 5.43. The highest BCUT2D eigenvalue weighted by Crippen LogP contribution is 2.24. The Morgan fingerprint density at radius 2 is 1.94 bits per heavy atom. The van der Waals surface area contributed by atoms with Crippen molar-refractivity contribution < 1.29 is 4.74 Å². The van der Waals surface area contributed by atoms with Gasteiger partial charge in [-0.15, -0.1) is 0 Å². The molecule has 90 valence electrons. The van der Waals surface area contributed by atoms with Crippen molar-refractivity contribution in [2.45, 2.75) is 20.4 Å². The highest BCUT2D eigenvalue weighted by Gasteiger charge is 2.06. The Labute approximate surface area is 98.2 Å². The molecule has 0 spiro atoms. The lowest BCUT2D eigenvalue weighted by molar-refractivity contribution is 0.404. The maximum Gasteiger partial charge on any atom is 0.126 e. The zero-order valence-corrected chi connectivity index (χ0v) is 10.7. The largest absolute Gasteiger partial charge is 0.496 e. The van der Waals surface area contributed by atoms with Gasteiger partial charge in [0.15, 0.2) is 0 Å². The number of rotatable bonds is 6. The normalized spacial score (nSPS) is 10.5. The number of methoxy groups -OCH3 is 1. The van der Waals surface area contributed by atoms with Crippen molar-refractivity contribution in [2.75, 3.05) is 27.2 Å². The van der Waals surface area contributed by atoms with Gasteiger partial charge in [0.1, 0.15) is 5.75 Å². The van der Waals surface area contributed by atoms with Crippen LogP contribution in [0.2, 0.25) is 0 Å². The highest BCUT2D eigenvalue weighted by atomic mass is 16.5. The van der Waals surface area contributed by atoms with Gasteiger partial charge in [-0.1, -0.05) is 17.7 Å². The monoisotopic (exact) mass is 222 g/mol. The van der Waals surface area contributed by atoms with Crippen molar-refractivity contribution in [2.24, 2.45) is 0 Å². The van der Waals surface area contributed by atoms with Crippen LogP contribution in [0.15, 0.2) is 12.1 Å². The number of ether oxygens (including phenoxy) is 1. The van der Waals surface area contributed by atoms with Crippen LogP contribution in [0.3, 0.4) is 0 Å². The van der Waals surface area contributed by atoms with Crippen molar-refractivity contribution >= 4 is 0 Å². The first kappa shape index (κ1) is 13.0. The Balaban J connectivity index is 2.69. The molecule has 2 N–H and O–H groups in total. The van der Waals surface area contributed by atoms with E-state index in [9.17, 15) is 0 Å². The van der Waals surface area contributed by atoms with Gasteiger partial charge in [-0.25, -0.2) is 0 Å². The summed E-state index contributed by atoms with van der Waals surface area (Å²) in [5, 5.41) is 6.50. The van der Waals surface area contributed by atoms with Crippen LogP contribution in [0.5, 0.6) is 5.75 Å². The van der Waals surface area contributed by atoms with Crippen LogP contribution in [-0.2, 0) is 6.54 Å². The van der Waals surface area contributed by atoms with E-state index >= 15 is 0 Å². The SMILES string of the molecule is CNCCNCc1cc(C)cc(C)c1OC. The van der Waals surface area contributed by atoms with Gasteiger partial charge in [0, 0.05) is 25.2 Å². The smallest absolute Gasteiger partial charge is 0.126 e. The molecule has 0 heterocycles. The molecule has 3 heteroatoms. The van der Waals surface area contributed by atoms with E-state index in [1.54, 1.807) is 7.11 Å². The number of aryl methyl sites for hydroxylation is 2. The first-order chi connectivity index (χ1) is 7.69. The van der Waals surface area contributed by atoms with E-state index in [-0.39, 0.29) is 0 Å². The molecular weight excluding hydrogens is 200 g/mol. The fourth-order valence-corrected chi connectivity index (χ4v) is 1.90. The van der Waals surface area contributed by atoms with Crippen LogP contribution in [0.1, 0.15) is 16.7 Å². The van der Waals surface area contributed by atoms with Crippen LogP contribution >= 0.6 is 0 Å². The van der Waals surface area contributed by atoms with Crippen molar-refractivity contribution in [3.63, 3.8) is 0 Å². The molecular formula is C13H22N2O. The second-order valence-electron chi connectivity index (χ2n) is 4.05. The lowest BCUT2D eigenvalue weighted by Crippen LogP contribution is -2.24. The van der Waals surface area contributed by atoms with Crippen molar-refractivity contribution in [3.8, 4) is 5.75 Å². The summed E-state index contributed by atoms with van der Waals surface area (Å²) >= 11 is 0. The van der Waals surface area contributed by atoms with E-state index in [4.69, 9.17) is 4.74 Å². The second kappa shape index (κ2) is 6.51. The number of hydrogen-bond donors (Lipinski definition) is 2. The van der Waals surface area contributed by atoms with Crippen molar-refractivity contribution in [1.29, 1.82) is 0 Å². The number of likely N-dealkylation sites (N-methyl/N-ethyl adjacent to an activating group) is 1. The predicted molar refractivity (Wildman–Crippen MR) is 68.1 cm³/mol. The van der Waals surface area contributed by atoms with Gasteiger partial charge in [0.2, 0.25) is 0 Å². The summed E-state index contributed by atoms with van der Waals surface area (Å²) in [4.78, 5) is 0. The van der Waals surface area contributed by atoms with E-state index in [0.29, 0.717) is 0 Å². The Hall–Kier alpha value is -1.06. The zero-order valence-electron chi connectivity index (χ0n) is 10.7. The molecule has 0 saturated heterocycles. The topological polar surface area (TPSA) is 33.3 Å². The van der Waals surface area contributed by atoms with Crippen LogP contribution in [0.4, 0.5) is 0 Å². The molecule has 0 atom stereocenters. The Bertz CT molecular complexity index is 337. The number of nitrogens with one attached hydrogen (secondary N) is 2. The van der Waals surface area contributed by atoms with Gasteiger partial charge in [-0.05, 0) is 26.5 Å². The maximum atomic E-state index is 5.43. The second-order valence-corrected chi connectivity index (χ2v) is 4.05. The molecule has 0 aliphatic carbocycles. The molecule has 0 aliphatic heterocycles. The summed E-state index contributed by atoms with van der Waals surface area (Å²) in [6.07, 6.45) is 0. The van der Waals surface area contributed by atoms with Gasteiger partial charge in [-0.3, -0.25) is 0 Å². The minimum absolute atomic E-state index is 0.855. The molecule has 0 amide bonds. The third kappa shape index (κ3) is 3.51. The van der Waals surface area contributed by atoms with Gasteiger partial charge < -0.3 is 15.4 Å². The molecule has 1 aromatic carbocycles. The van der Waals surface area contributed by atoms with E-state index in [1.807, 2.05) is 7.05 Å². The van der Waals surface area contributed by atoms with Gasteiger partial charge in [-0.2, -0.15) is 0 Å². The molecule has 16 heavy (non-hydrogen) atoms. The highest BCUT2D eigenvalue weighted by molar-refractivity contribution is 5.43. The number of hydrogen-bond acceptors (Lipinski definition) is 3. The zero-order chi connectivity index (χ0) is 12.0. The Morgan fingerprint density at radius 3 is 2.56 bits per heavy atom. The fourth-order valence-electron chi connectivity index (χ4n) is 1.90. The molecule has 0 radical (unpaired) electrons. The first-order valence-electron chi connectivity index (χ1n) is 5.68. The first-order valence-corrected chi connectivity index (χ1v) is 5.68. The molecule has 1 aromatic rings. The van der Waals surface area contributed by atoms with Gasteiger partial charge in [0.25, 0.3) is 0 Å². The molecule has 0 saturated carbocycles. The third-order valence-corrected chi connectivity index (χ3v) is 2.57. The molecule has 3 nitrogen and oxygen atoms in total. The summed E-state index contributed by atoms with van der Waals surface area (Å²) < 4.78 is 5.43. The molecule has 0 bridgehead atoms. The van der Waals surface area contributed by atoms with E-state index in [1.165, 1.54) is 16.7 Å². The average molecular weight is 222 g/mol. The predicted octanol–water partition coefficient (Wildman–Crippen LogP) is 1.62. The Kier molecular flexibility index (Phi) is 5.29. The standard InChI is InChI=1S/C13H22N2O/c1-10-7-11(2)13(16-4)12(8-10)9-15-6-5-14-3/h7-8,14-15H,5-6,9H2,1-4H3. The minimum atomic E-state index is 0.855. The van der Waals surface area contributed by atoms with E-state index < -0.39 is 0 Å². The third-order valence-electron chi connectivity index (χ3n) is 2.57. The summed E-state index contributed by atoms with van der Waals surface area (Å²) in [7, 11) is 3.69. The minimum Gasteiger partial charge on any atom is -0.496 e. The Morgan fingerprint density at radius 1 is 1.19 bits per heavy atom. The van der Waals surface area contributed by atoms with Crippen molar-refractivity contribution in [3.05, 3.63) is 28.8 Å². The summed E-state index contributed by atoms with van der Waals surface area (Å²) in [5.74, 6) is 1.00. The quantitative estimate of drug-likeness (QED) is 0.718.